The van der Waals surface area contributed by atoms with E-state index in [4.69, 9.17) is 0 Å². The molecule has 0 aliphatic heterocycles. The second kappa shape index (κ2) is 7.37. The Bertz CT molecular complexity index is 974. The number of thiazole rings is 1. The number of aromatic nitrogens is 3. The summed E-state index contributed by atoms with van der Waals surface area (Å²) in [5, 5.41) is 2.83. The fraction of sp³-hybridized carbons (Fsp3) is 0.294. The van der Waals surface area contributed by atoms with Crippen LogP contribution in [0.5, 0.6) is 0 Å². The van der Waals surface area contributed by atoms with E-state index in [2.05, 4.69) is 15.3 Å². The second-order valence-electron chi connectivity index (χ2n) is 5.67. The summed E-state index contributed by atoms with van der Waals surface area (Å²) in [6.07, 6.45) is 1.38. The Labute approximate surface area is 153 Å². The number of amides is 1. The van der Waals surface area contributed by atoms with E-state index in [9.17, 15) is 9.59 Å². The number of hydrogen-bond donors (Lipinski definition) is 1. The number of carbonyl (C=O) groups excluding carboxylic acids is 1. The van der Waals surface area contributed by atoms with Crippen molar-refractivity contribution in [1.29, 1.82) is 0 Å². The Morgan fingerprint density at radius 2 is 2.00 bits per heavy atom. The molecule has 0 saturated heterocycles. The third kappa shape index (κ3) is 4.08. The van der Waals surface area contributed by atoms with Crippen molar-refractivity contribution in [2.24, 2.45) is 0 Å². The van der Waals surface area contributed by atoms with Gasteiger partial charge in [0.2, 0.25) is 5.91 Å². The summed E-state index contributed by atoms with van der Waals surface area (Å²) >= 11 is 2.90. The van der Waals surface area contributed by atoms with Crippen LogP contribution in [0.2, 0.25) is 0 Å². The van der Waals surface area contributed by atoms with Crippen LogP contribution in [0.3, 0.4) is 0 Å². The van der Waals surface area contributed by atoms with Gasteiger partial charge in [-0.05, 0) is 42.9 Å². The van der Waals surface area contributed by atoms with Crippen LogP contribution in [0.15, 0.2) is 33.7 Å². The highest BCUT2D eigenvalue weighted by Gasteiger charge is 2.13. The van der Waals surface area contributed by atoms with Crippen LogP contribution in [-0.4, -0.2) is 26.2 Å². The highest BCUT2D eigenvalue weighted by Crippen LogP contribution is 2.25. The lowest BCUT2D eigenvalue weighted by atomic mass is 10.1. The SMILES string of the molecule is CCSc1nc2ncn(CC(=O)Nc3cc(C)cc(C)c3)c(=O)c2s1. The van der Waals surface area contributed by atoms with Gasteiger partial charge in [-0.2, -0.15) is 0 Å². The van der Waals surface area contributed by atoms with Crippen LogP contribution in [0.4, 0.5) is 5.69 Å². The fourth-order valence-corrected chi connectivity index (χ4v) is 4.47. The molecule has 0 bridgehead atoms. The number of aryl methyl sites for hydroxylation is 2. The first kappa shape index (κ1) is 17.6. The molecule has 0 fully saturated rings. The summed E-state index contributed by atoms with van der Waals surface area (Å²) in [4.78, 5) is 33.4. The molecule has 3 aromatic rings. The number of hydrogen-bond acceptors (Lipinski definition) is 6. The van der Waals surface area contributed by atoms with E-state index in [-0.39, 0.29) is 18.0 Å². The summed E-state index contributed by atoms with van der Waals surface area (Å²) in [5.41, 5.74) is 3.07. The van der Waals surface area contributed by atoms with Crippen LogP contribution in [0.1, 0.15) is 18.1 Å². The maximum Gasteiger partial charge on any atom is 0.273 e. The lowest BCUT2D eigenvalue weighted by molar-refractivity contribution is -0.116. The highest BCUT2D eigenvalue weighted by atomic mass is 32.2. The van der Waals surface area contributed by atoms with Gasteiger partial charge in [-0.1, -0.05) is 24.8 Å². The first-order chi connectivity index (χ1) is 12.0. The molecule has 0 saturated carbocycles. The lowest BCUT2D eigenvalue weighted by Crippen LogP contribution is -2.27. The van der Waals surface area contributed by atoms with Crippen molar-refractivity contribution in [1.82, 2.24) is 14.5 Å². The summed E-state index contributed by atoms with van der Waals surface area (Å²) in [6.45, 7) is 5.89. The largest absolute Gasteiger partial charge is 0.325 e. The zero-order valence-corrected chi connectivity index (χ0v) is 15.8. The molecular formula is C17H18N4O2S2. The number of carbonyl (C=O) groups is 1. The summed E-state index contributed by atoms with van der Waals surface area (Å²) in [6, 6.07) is 5.83. The summed E-state index contributed by atoms with van der Waals surface area (Å²) in [7, 11) is 0. The van der Waals surface area contributed by atoms with Gasteiger partial charge in [0.15, 0.2) is 9.99 Å². The van der Waals surface area contributed by atoms with Crippen molar-refractivity contribution in [3.8, 4) is 0 Å². The fourth-order valence-electron chi connectivity index (χ4n) is 2.53. The van der Waals surface area contributed by atoms with Gasteiger partial charge < -0.3 is 5.32 Å². The molecule has 25 heavy (non-hydrogen) atoms. The summed E-state index contributed by atoms with van der Waals surface area (Å²) in [5.74, 6) is 0.618. The molecule has 130 valence electrons. The minimum absolute atomic E-state index is 0.0804. The molecule has 1 aromatic carbocycles. The standard InChI is InChI=1S/C17H18N4O2S2/c1-4-24-17-20-15-14(25-17)16(23)21(9-18-15)8-13(22)19-12-6-10(2)5-11(3)7-12/h5-7,9H,4,8H2,1-3H3,(H,19,22). The van der Waals surface area contributed by atoms with Gasteiger partial charge in [-0.15, -0.1) is 11.3 Å². The smallest absolute Gasteiger partial charge is 0.273 e. The van der Waals surface area contributed by atoms with E-state index in [1.54, 1.807) is 11.8 Å². The summed E-state index contributed by atoms with van der Waals surface area (Å²) < 4.78 is 2.62. The minimum atomic E-state index is -0.263. The molecule has 1 amide bonds. The minimum Gasteiger partial charge on any atom is -0.325 e. The molecule has 3 rings (SSSR count). The van der Waals surface area contributed by atoms with Crippen LogP contribution >= 0.6 is 23.1 Å². The topological polar surface area (TPSA) is 76.9 Å². The molecule has 2 aromatic heterocycles. The zero-order valence-electron chi connectivity index (χ0n) is 14.2. The van der Waals surface area contributed by atoms with Gasteiger partial charge >= 0.3 is 0 Å². The Balaban J connectivity index is 1.81. The highest BCUT2D eigenvalue weighted by molar-refractivity contribution is 8.01. The monoisotopic (exact) mass is 374 g/mol. The van der Waals surface area contributed by atoms with Crippen molar-refractivity contribution in [2.75, 3.05) is 11.1 Å². The van der Waals surface area contributed by atoms with Crippen molar-refractivity contribution < 1.29 is 4.79 Å². The van der Waals surface area contributed by atoms with E-state index in [0.29, 0.717) is 10.3 Å². The maximum atomic E-state index is 12.5. The molecule has 0 aliphatic rings. The van der Waals surface area contributed by atoms with Gasteiger partial charge in [0.25, 0.3) is 5.56 Å². The van der Waals surface area contributed by atoms with Gasteiger partial charge in [-0.3, -0.25) is 14.2 Å². The van der Waals surface area contributed by atoms with Crippen molar-refractivity contribution >= 4 is 45.0 Å². The normalized spacial score (nSPS) is 11.0. The molecule has 6 nitrogen and oxygen atoms in total. The van der Waals surface area contributed by atoms with Gasteiger partial charge in [0.05, 0.1) is 0 Å². The number of thioether (sulfide) groups is 1. The van der Waals surface area contributed by atoms with Crippen molar-refractivity contribution in [3.05, 3.63) is 46.0 Å². The molecule has 0 spiro atoms. The van der Waals surface area contributed by atoms with Crippen LogP contribution in [-0.2, 0) is 11.3 Å². The van der Waals surface area contributed by atoms with Gasteiger partial charge in [-0.25, -0.2) is 9.97 Å². The molecule has 0 atom stereocenters. The third-order valence-electron chi connectivity index (χ3n) is 3.45. The van der Waals surface area contributed by atoms with Crippen molar-refractivity contribution in [2.45, 2.75) is 31.7 Å². The average Bonchev–Trinajstić information content (AvgIpc) is 2.93. The predicted molar refractivity (Wildman–Crippen MR) is 103 cm³/mol. The molecular weight excluding hydrogens is 356 g/mol. The van der Waals surface area contributed by atoms with Gasteiger partial charge in [0, 0.05) is 5.69 Å². The zero-order chi connectivity index (χ0) is 18.0. The second-order valence-corrected chi connectivity index (χ2v) is 8.18. The third-order valence-corrected chi connectivity index (χ3v) is 5.51. The number of nitrogens with one attached hydrogen (secondary N) is 1. The van der Waals surface area contributed by atoms with E-state index >= 15 is 0 Å². The molecule has 2 heterocycles. The molecule has 8 heteroatoms. The Morgan fingerprint density at radius 3 is 2.68 bits per heavy atom. The first-order valence-corrected chi connectivity index (χ1v) is 9.63. The molecule has 1 N–H and O–H groups in total. The predicted octanol–water partition coefficient (Wildman–Crippen LogP) is 3.22. The maximum absolute atomic E-state index is 12.5. The van der Waals surface area contributed by atoms with Crippen molar-refractivity contribution in [3.63, 3.8) is 0 Å². The Morgan fingerprint density at radius 1 is 1.28 bits per heavy atom. The Hall–Kier alpha value is -2.19. The molecule has 0 unspecified atom stereocenters. The van der Waals surface area contributed by atoms with Crippen LogP contribution in [0.25, 0.3) is 10.3 Å². The van der Waals surface area contributed by atoms with Crippen LogP contribution < -0.4 is 10.9 Å². The first-order valence-electron chi connectivity index (χ1n) is 7.83. The molecule has 0 aliphatic carbocycles. The van der Waals surface area contributed by atoms with E-state index < -0.39 is 0 Å². The van der Waals surface area contributed by atoms with Gasteiger partial charge in [0.1, 0.15) is 17.6 Å². The van der Waals surface area contributed by atoms with E-state index in [1.807, 2.05) is 39.0 Å². The van der Waals surface area contributed by atoms with Crippen LogP contribution in [0, 0.1) is 13.8 Å². The number of benzene rings is 1. The average molecular weight is 374 g/mol. The molecule has 0 radical (unpaired) electrons. The lowest BCUT2D eigenvalue weighted by Gasteiger charge is -2.08. The van der Waals surface area contributed by atoms with E-state index in [0.717, 1.165) is 26.9 Å². The number of nitrogens with zero attached hydrogens (tertiary/aromatic N) is 3. The Kier molecular flexibility index (Phi) is 5.19. The van der Waals surface area contributed by atoms with E-state index in [1.165, 1.54) is 22.2 Å². The number of fused-ring (bicyclic) bond motifs is 1. The quantitative estimate of drug-likeness (QED) is 0.694. The number of rotatable bonds is 5. The number of anilines is 1.